The summed E-state index contributed by atoms with van der Waals surface area (Å²) in [7, 11) is 0. The van der Waals surface area contributed by atoms with Crippen LogP contribution in [0, 0.1) is 0 Å². The fourth-order valence-electron chi connectivity index (χ4n) is 3.85. The highest BCUT2D eigenvalue weighted by molar-refractivity contribution is 6.17. The van der Waals surface area contributed by atoms with Gasteiger partial charge in [0, 0.05) is 19.1 Å². The van der Waals surface area contributed by atoms with Crippen molar-refractivity contribution < 1.29 is 61.6 Å². The molecule has 0 aliphatic rings. The average molecular weight is 735 g/mol. The van der Waals surface area contributed by atoms with Gasteiger partial charge in [-0.15, -0.1) is 11.6 Å². The first-order valence-corrected chi connectivity index (χ1v) is 19.0. The summed E-state index contributed by atoms with van der Waals surface area (Å²) in [6, 6.07) is 0. The van der Waals surface area contributed by atoms with Gasteiger partial charge in [-0.25, -0.2) is 0 Å². The third-order valence-electron chi connectivity index (χ3n) is 6.53. The molecule has 14 heteroatoms. The lowest BCUT2D eigenvalue weighted by Crippen LogP contribution is -2.15. The van der Waals surface area contributed by atoms with Crippen LogP contribution in [0.4, 0.5) is 0 Å². The Bertz CT molecular complexity index is 524. The molecular formula is C35H71ClO13. The minimum atomic E-state index is 0.514. The minimum Gasteiger partial charge on any atom is -0.379 e. The van der Waals surface area contributed by atoms with Crippen molar-refractivity contribution in [3.63, 3.8) is 0 Å². The summed E-state index contributed by atoms with van der Waals surface area (Å²) in [5.74, 6) is 0.744. The molecule has 0 saturated carbocycles. The Kier molecular flexibility index (Phi) is 47.5. The molecule has 0 unspecified atom stereocenters. The highest BCUT2D eigenvalue weighted by Gasteiger charge is 1.97. The van der Waals surface area contributed by atoms with E-state index in [9.17, 15) is 0 Å². The van der Waals surface area contributed by atoms with Crippen molar-refractivity contribution in [1.29, 1.82) is 0 Å². The summed E-state index contributed by atoms with van der Waals surface area (Å²) < 4.78 is 71.4. The number of hydrogen-bond acceptors (Lipinski definition) is 13. The fourth-order valence-corrected chi connectivity index (χ4v) is 4.04. The summed E-state index contributed by atoms with van der Waals surface area (Å²) in [6.07, 6.45) is 8.04. The van der Waals surface area contributed by atoms with Crippen LogP contribution in [0.2, 0.25) is 0 Å². The predicted octanol–water partition coefficient (Wildman–Crippen LogP) is 4.19. The Hall–Kier alpha value is -0.230. The first kappa shape index (κ1) is 48.8. The molecule has 0 rings (SSSR count). The highest BCUT2D eigenvalue weighted by Crippen LogP contribution is 2.01. The van der Waals surface area contributed by atoms with Crippen LogP contribution >= 0.6 is 11.6 Å². The largest absolute Gasteiger partial charge is 0.379 e. The molecule has 0 aliphatic heterocycles. The van der Waals surface area contributed by atoms with Gasteiger partial charge in [-0.3, -0.25) is 0 Å². The molecule has 0 atom stereocenters. The highest BCUT2D eigenvalue weighted by atomic mass is 35.5. The number of rotatable bonds is 46. The maximum atomic E-state index is 5.66. The van der Waals surface area contributed by atoms with Gasteiger partial charge in [0.1, 0.15) is 0 Å². The van der Waals surface area contributed by atoms with E-state index in [1.165, 1.54) is 25.7 Å². The minimum absolute atomic E-state index is 0.514. The van der Waals surface area contributed by atoms with Crippen LogP contribution in [0.1, 0.15) is 51.9 Å². The third-order valence-corrected chi connectivity index (χ3v) is 6.80. The van der Waals surface area contributed by atoms with Gasteiger partial charge in [0.25, 0.3) is 0 Å². The Morgan fingerprint density at radius 3 is 0.612 bits per heavy atom. The Morgan fingerprint density at radius 1 is 0.224 bits per heavy atom. The predicted molar refractivity (Wildman–Crippen MR) is 189 cm³/mol. The van der Waals surface area contributed by atoms with E-state index < -0.39 is 0 Å². The van der Waals surface area contributed by atoms with E-state index in [1.54, 1.807) is 0 Å². The fraction of sp³-hybridized carbons (Fsp3) is 1.00. The summed E-state index contributed by atoms with van der Waals surface area (Å²) >= 11 is 5.66. The first-order valence-electron chi connectivity index (χ1n) is 18.5. The Morgan fingerprint density at radius 2 is 0.408 bits per heavy atom. The SMILES string of the molecule is CCCCCOCCOCCOCCOCCOCCOCCOCCOCCOCCOCCOCCOCCOCCCCCCCl. The standard InChI is InChI=1S/C35H71ClO13/c1-2-3-7-10-37-12-14-39-16-18-41-20-22-43-24-26-45-28-30-47-32-34-49-35-33-48-31-29-46-27-25-44-23-21-42-19-17-40-15-13-38-11-8-5-4-6-9-36/h2-35H2,1H3. The van der Waals surface area contributed by atoms with Crippen LogP contribution < -0.4 is 0 Å². The van der Waals surface area contributed by atoms with Crippen molar-refractivity contribution in [3.05, 3.63) is 0 Å². The molecule has 0 aromatic carbocycles. The third kappa shape index (κ3) is 47.8. The van der Waals surface area contributed by atoms with Crippen LogP contribution in [0.5, 0.6) is 0 Å². The van der Waals surface area contributed by atoms with E-state index in [-0.39, 0.29) is 0 Å². The zero-order valence-electron chi connectivity index (χ0n) is 30.7. The number of hydrogen-bond donors (Lipinski definition) is 0. The Labute approximate surface area is 302 Å². The second kappa shape index (κ2) is 47.8. The van der Waals surface area contributed by atoms with Crippen molar-refractivity contribution >= 4 is 11.6 Å². The molecule has 0 aromatic rings. The molecule has 0 spiro atoms. The second-order valence-electron chi connectivity index (χ2n) is 10.8. The van der Waals surface area contributed by atoms with E-state index in [0.717, 1.165) is 38.4 Å². The molecule has 0 aliphatic carbocycles. The smallest absolute Gasteiger partial charge is 0.0701 e. The van der Waals surface area contributed by atoms with Crippen molar-refractivity contribution in [3.8, 4) is 0 Å². The summed E-state index contributed by atoms with van der Waals surface area (Å²) in [6.45, 7) is 16.8. The van der Waals surface area contributed by atoms with Gasteiger partial charge >= 0.3 is 0 Å². The maximum Gasteiger partial charge on any atom is 0.0701 e. The van der Waals surface area contributed by atoms with E-state index in [4.69, 9.17) is 73.2 Å². The van der Waals surface area contributed by atoms with Crippen molar-refractivity contribution in [2.24, 2.45) is 0 Å². The van der Waals surface area contributed by atoms with Gasteiger partial charge in [0.05, 0.1) is 159 Å². The van der Waals surface area contributed by atoms with E-state index in [1.807, 2.05) is 0 Å². The van der Waals surface area contributed by atoms with E-state index in [2.05, 4.69) is 6.92 Å². The van der Waals surface area contributed by atoms with Crippen LogP contribution in [0.3, 0.4) is 0 Å². The number of alkyl halides is 1. The van der Waals surface area contributed by atoms with Crippen LogP contribution in [-0.2, 0) is 61.6 Å². The number of ether oxygens (including phenoxy) is 13. The zero-order chi connectivity index (χ0) is 35.2. The summed E-state index contributed by atoms with van der Waals surface area (Å²) in [5.41, 5.74) is 0. The molecule has 296 valence electrons. The molecule has 0 amide bonds. The monoisotopic (exact) mass is 734 g/mol. The molecule has 0 fully saturated rings. The quantitative estimate of drug-likeness (QED) is 0.0658. The van der Waals surface area contributed by atoms with Gasteiger partial charge in [-0.1, -0.05) is 32.6 Å². The van der Waals surface area contributed by atoms with Crippen LogP contribution in [0.15, 0.2) is 0 Å². The van der Waals surface area contributed by atoms with Gasteiger partial charge in [-0.2, -0.15) is 0 Å². The molecular weight excluding hydrogens is 664 g/mol. The molecule has 49 heavy (non-hydrogen) atoms. The molecule has 0 radical (unpaired) electrons. The topological polar surface area (TPSA) is 120 Å². The number of unbranched alkanes of at least 4 members (excludes halogenated alkanes) is 5. The second-order valence-corrected chi connectivity index (χ2v) is 11.1. The molecule has 13 nitrogen and oxygen atoms in total. The van der Waals surface area contributed by atoms with Crippen molar-refractivity contribution in [1.82, 2.24) is 0 Å². The molecule has 0 aromatic heterocycles. The summed E-state index contributed by atoms with van der Waals surface area (Å²) in [5, 5.41) is 0. The average Bonchev–Trinajstić information content (AvgIpc) is 3.11. The lowest BCUT2D eigenvalue weighted by atomic mass is 10.2. The lowest BCUT2D eigenvalue weighted by molar-refractivity contribution is -0.0290. The number of halogens is 1. The molecule has 0 bridgehead atoms. The van der Waals surface area contributed by atoms with E-state index in [0.29, 0.717) is 159 Å². The van der Waals surface area contributed by atoms with E-state index >= 15 is 0 Å². The van der Waals surface area contributed by atoms with Crippen LogP contribution in [0.25, 0.3) is 0 Å². The maximum absolute atomic E-state index is 5.66. The van der Waals surface area contributed by atoms with Gasteiger partial charge < -0.3 is 61.6 Å². The molecule has 0 N–H and O–H groups in total. The van der Waals surface area contributed by atoms with Gasteiger partial charge in [0.15, 0.2) is 0 Å². The van der Waals surface area contributed by atoms with Crippen LogP contribution in [-0.4, -0.2) is 178 Å². The van der Waals surface area contributed by atoms with Crippen molar-refractivity contribution in [2.45, 2.75) is 51.9 Å². The van der Waals surface area contributed by atoms with Gasteiger partial charge in [-0.05, 0) is 19.3 Å². The zero-order valence-corrected chi connectivity index (χ0v) is 31.5. The Balaban J connectivity index is 3.04. The normalized spacial score (nSPS) is 11.6. The molecule has 0 heterocycles. The van der Waals surface area contributed by atoms with Gasteiger partial charge in [0.2, 0.25) is 0 Å². The lowest BCUT2D eigenvalue weighted by Gasteiger charge is -2.09. The summed E-state index contributed by atoms with van der Waals surface area (Å²) in [4.78, 5) is 0. The first-order chi connectivity index (χ1) is 24.4. The van der Waals surface area contributed by atoms with Crippen molar-refractivity contribution in [2.75, 3.05) is 178 Å². The molecule has 0 saturated heterocycles.